The highest BCUT2D eigenvalue weighted by atomic mass is 19.1. The summed E-state index contributed by atoms with van der Waals surface area (Å²) in [6.45, 7) is 3.66. The fourth-order valence-corrected chi connectivity index (χ4v) is 1.72. The van der Waals surface area contributed by atoms with Crippen LogP contribution in [0.3, 0.4) is 0 Å². The predicted molar refractivity (Wildman–Crippen MR) is 65.5 cm³/mol. The van der Waals surface area contributed by atoms with Gasteiger partial charge in [-0.2, -0.15) is 0 Å². The lowest BCUT2D eigenvalue weighted by molar-refractivity contribution is -0.151. The standard InChI is InChI=1S/C14H17FO3/c1-3-11(14(17)18-4-2)13(16)9-10-7-5-6-8-12(10)15/h5-8,11H,3-4,9H2,1-2H3. The van der Waals surface area contributed by atoms with E-state index in [2.05, 4.69) is 0 Å². The molecular weight excluding hydrogens is 235 g/mol. The molecule has 0 radical (unpaired) electrons. The Morgan fingerprint density at radius 2 is 1.94 bits per heavy atom. The summed E-state index contributed by atoms with van der Waals surface area (Å²) in [6.07, 6.45) is 0.288. The zero-order valence-corrected chi connectivity index (χ0v) is 10.6. The highest BCUT2D eigenvalue weighted by Crippen LogP contribution is 2.14. The molecule has 18 heavy (non-hydrogen) atoms. The molecule has 3 nitrogen and oxygen atoms in total. The van der Waals surface area contributed by atoms with Crippen molar-refractivity contribution >= 4 is 11.8 Å². The zero-order chi connectivity index (χ0) is 13.5. The second kappa shape index (κ2) is 6.89. The minimum atomic E-state index is -0.801. The minimum absolute atomic E-state index is 0.0794. The molecule has 1 unspecified atom stereocenters. The van der Waals surface area contributed by atoms with Crippen LogP contribution in [0.5, 0.6) is 0 Å². The van der Waals surface area contributed by atoms with E-state index in [1.807, 2.05) is 0 Å². The highest BCUT2D eigenvalue weighted by Gasteiger charge is 2.26. The summed E-state index contributed by atoms with van der Waals surface area (Å²) in [4.78, 5) is 23.5. The van der Waals surface area contributed by atoms with Crippen molar-refractivity contribution in [3.8, 4) is 0 Å². The normalized spacial score (nSPS) is 11.9. The molecule has 1 rings (SSSR count). The van der Waals surface area contributed by atoms with E-state index in [-0.39, 0.29) is 18.8 Å². The zero-order valence-electron chi connectivity index (χ0n) is 10.6. The van der Waals surface area contributed by atoms with Gasteiger partial charge in [0.2, 0.25) is 0 Å². The van der Waals surface area contributed by atoms with Gasteiger partial charge in [-0.25, -0.2) is 4.39 Å². The molecule has 0 fully saturated rings. The topological polar surface area (TPSA) is 43.4 Å². The summed E-state index contributed by atoms with van der Waals surface area (Å²) in [5.41, 5.74) is 0.310. The molecule has 0 aliphatic heterocycles. The minimum Gasteiger partial charge on any atom is -0.465 e. The van der Waals surface area contributed by atoms with Crippen molar-refractivity contribution in [2.24, 2.45) is 5.92 Å². The maximum atomic E-state index is 13.4. The van der Waals surface area contributed by atoms with Crippen molar-refractivity contribution in [2.45, 2.75) is 26.7 Å². The third-order valence-electron chi connectivity index (χ3n) is 2.69. The van der Waals surface area contributed by atoms with Crippen LogP contribution in [0.25, 0.3) is 0 Å². The van der Waals surface area contributed by atoms with Gasteiger partial charge < -0.3 is 4.74 Å². The van der Waals surface area contributed by atoms with Gasteiger partial charge in [0.25, 0.3) is 0 Å². The van der Waals surface area contributed by atoms with Crippen LogP contribution in [0.4, 0.5) is 4.39 Å². The second-order valence-electron chi connectivity index (χ2n) is 3.95. The van der Waals surface area contributed by atoms with Crippen molar-refractivity contribution in [2.75, 3.05) is 6.61 Å². The maximum absolute atomic E-state index is 13.4. The molecule has 0 saturated carbocycles. The van der Waals surface area contributed by atoms with Gasteiger partial charge in [0.05, 0.1) is 6.61 Å². The van der Waals surface area contributed by atoms with Gasteiger partial charge in [-0.15, -0.1) is 0 Å². The fourth-order valence-electron chi connectivity index (χ4n) is 1.72. The lowest BCUT2D eigenvalue weighted by Gasteiger charge is -2.12. The van der Waals surface area contributed by atoms with E-state index < -0.39 is 17.7 Å². The molecule has 0 bridgehead atoms. The Morgan fingerprint density at radius 3 is 2.50 bits per heavy atom. The Labute approximate surface area is 106 Å². The van der Waals surface area contributed by atoms with Crippen LogP contribution in [0, 0.1) is 11.7 Å². The summed E-state index contributed by atoms with van der Waals surface area (Å²) < 4.78 is 18.2. The molecule has 0 spiro atoms. The SMILES string of the molecule is CCOC(=O)C(CC)C(=O)Cc1ccccc1F. The van der Waals surface area contributed by atoms with E-state index in [0.717, 1.165) is 0 Å². The van der Waals surface area contributed by atoms with Crippen LogP contribution in [0.1, 0.15) is 25.8 Å². The molecular formula is C14H17FO3. The Balaban J connectivity index is 2.74. The molecule has 0 amide bonds. The fraction of sp³-hybridized carbons (Fsp3) is 0.429. The molecule has 4 heteroatoms. The number of ether oxygens (including phenoxy) is 1. The average molecular weight is 252 g/mol. The lowest BCUT2D eigenvalue weighted by Crippen LogP contribution is -2.27. The molecule has 1 atom stereocenters. The lowest BCUT2D eigenvalue weighted by atomic mass is 9.95. The van der Waals surface area contributed by atoms with E-state index >= 15 is 0 Å². The number of hydrogen-bond acceptors (Lipinski definition) is 3. The van der Waals surface area contributed by atoms with Gasteiger partial charge in [-0.05, 0) is 25.0 Å². The molecule has 0 heterocycles. The first-order valence-corrected chi connectivity index (χ1v) is 6.02. The number of carbonyl (C=O) groups is 2. The molecule has 0 saturated heterocycles. The monoisotopic (exact) mass is 252 g/mol. The van der Waals surface area contributed by atoms with Crippen molar-refractivity contribution in [3.05, 3.63) is 35.6 Å². The van der Waals surface area contributed by atoms with Crippen molar-refractivity contribution in [1.29, 1.82) is 0 Å². The Morgan fingerprint density at radius 1 is 1.28 bits per heavy atom. The van der Waals surface area contributed by atoms with Crippen LogP contribution < -0.4 is 0 Å². The third kappa shape index (κ3) is 3.65. The number of carbonyl (C=O) groups excluding carboxylic acids is 2. The number of halogens is 1. The Bertz CT molecular complexity index is 429. The van der Waals surface area contributed by atoms with Crippen molar-refractivity contribution < 1.29 is 18.7 Å². The summed E-state index contributed by atoms with van der Waals surface area (Å²) in [5, 5.41) is 0. The second-order valence-corrected chi connectivity index (χ2v) is 3.95. The number of Topliss-reactive ketones (excluding diaryl/α,β-unsaturated/α-hetero) is 1. The number of ketones is 1. The summed E-state index contributed by atoms with van der Waals surface area (Å²) >= 11 is 0. The number of esters is 1. The van der Waals surface area contributed by atoms with Gasteiger partial charge >= 0.3 is 5.97 Å². The molecule has 98 valence electrons. The van der Waals surface area contributed by atoms with E-state index in [1.54, 1.807) is 32.0 Å². The van der Waals surface area contributed by atoms with Gasteiger partial charge in [0.1, 0.15) is 11.7 Å². The highest BCUT2D eigenvalue weighted by molar-refractivity contribution is 5.99. The van der Waals surface area contributed by atoms with E-state index in [0.29, 0.717) is 12.0 Å². The molecule has 1 aromatic carbocycles. The van der Waals surface area contributed by atoms with E-state index in [1.165, 1.54) is 6.07 Å². The van der Waals surface area contributed by atoms with Crippen LogP contribution >= 0.6 is 0 Å². The van der Waals surface area contributed by atoms with Gasteiger partial charge in [-0.3, -0.25) is 9.59 Å². The number of rotatable bonds is 6. The first-order chi connectivity index (χ1) is 8.60. The summed E-state index contributed by atoms with van der Waals surface area (Å²) in [7, 11) is 0. The van der Waals surface area contributed by atoms with Gasteiger partial charge in [-0.1, -0.05) is 25.1 Å². The Kier molecular flexibility index (Phi) is 5.49. The van der Waals surface area contributed by atoms with Gasteiger partial charge in [0, 0.05) is 6.42 Å². The van der Waals surface area contributed by atoms with Crippen molar-refractivity contribution in [3.63, 3.8) is 0 Å². The quantitative estimate of drug-likeness (QED) is 0.577. The van der Waals surface area contributed by atoms with Crippen LogP contribution in [0.2, 0.25) is 0 Å². The largest absolute Gasteiger partial charge is 0.465 e. The van der Waals surface area contributed by atoms with Crippen molar-refractivity contribution in [1.82, 2.24) is 0 Å². The first kappa shape index (κ1) is 14.4. The number of hydrogen-bond donors (Lipinski definition) is 0. The third-order valence-corrected chi connectivity index (χ3v) is 2.69. The molecule has 1 aromatic rings. The Hall–Kier alpha value is -1.71. The van der Waals surface area contributed by atoms with Crippen LogP contribution in [-0.2, 0) is 20.7 Å². The smallest absolute Gasteiger partial charge is 0.316 e. The van der Waals surface area contributed by atoms with Gasteiger partial charge in [0.15, 0.2) is 5.78 Å². The number of benzene rings is 1. The van der Waals surface area contributed by atoms with Crippen LogP contribution in [0.15, 0.2) is 24.3 Å². The van der Waals surface area contributed by atoms with E-state index in [4.69, 9.17) is 4.74 Å². The molecule has 0 aliphatic carbocycles. The molecule has 0 N–H and O–H groups in total. The van der Waals surface area contributed by atoms with E-state index in [9.17, 15) is 14.0 Å². The summed E-state index contributed by atoms with van der Waals surface area (Å²) in [6, 6.07) is 6.07. The molecule has 0 aromatic heterocycles. The predicted octanol–water partition coefficient (Wildman–Crippen LogP) is 2.53. The average Bonchev–Trinajstić information content (AvgIpc) is 2.33. The summed E-state index contributed by atoms with van der Waals surface area (Å²) in [5.74, 6) is -2.06. The maximum Gasteiger partial charge on any atom is 0.316 e. The van der Waals surface area contributed by atoms with Crippen LogP contribution in [-0.4, -0.2) is 18.4 Å². The first-order valence-electron chi connectivity index (χ1n) is 6.02. The molecule has 0 aliphatic rings.